The Hall–Kier alpha value is -2.87. The van der Waals surface area contributed by atoms with Crippen molar-refractivity contribution >= 4 is 57.1 Å². The minimum absolute atomic E-state index is 0.0178. The Morgan fingerprint density at radius 1 is 1.15 bits per heavy atom. The molecule has 0 N–H and O–H groups in total. The molecule has 5 nitrogen and oxygen atoms in total. The minimum Gasteiger partial charge on any atom is -0.493 e. The zero-order chi connectivity index (χ0) is 23.5. The van der Waals surface area contributed by atoms with Crippen molar-refractivity contribution in [3.63, 3.8) is 0 Å². The predicted molar refractivity (Wildman–Crippen MR) is 128 cm³/mol. The van der Waals surface area contributed by atoms with Gasteiger partial charge in [0, 0.05) is 10.6 Å². The van der Waals surface area contributed by atoms with Gasteiger partial charge in [0.25, 0.3) is 0 Å². The molecule has 0 aliphatic carbocycles. The van der Waals surface area contributed by atoms with Crippen molar-refractivity contribution < 1.29 is 23.4 Å². The van der Waals surface area contributed by atoms with E-state index in [0.717, 1.165) is 0 Å². The number of carbonyl (C=O) groups excluding carboxylic acids is 1. The molecule has 3 aromatic carbocycles. The first-order valence-electron chi connectivity index (χ1n) is 9.57. The van der Waals surface area contributed by atoms with Crippen LogP contribution in [0.25, 0.3) is 6.08 Å². The number of esters is 1. The molecule has 0 unspecified atom stereocenters. The number of halogens is 4. The molecule has 0 amide bonds. The highest BCUT2D eigenvalue weighted by atomic mass is 79.9. The van der Waals surface area contributed by atoms with Gasteiger partial charge >= 0.3 is 5.97 Å². The van der Waals surface area contributed by atoms with Gasteiger partial charge < -0.3 is 14.2 Å². The van der Waals surface area contributed by atoms with Crippen LogP contribution in [0.1, 0.15) is 16.7 Å². The summed E-state index contributed by atoms with van der Waals surface area (Å²) in [4.78, 5) is 16.6. The molecule has 9 heteroatoms. The molecule has 1 heterocycles. The van der Waals surface area contributed by atoms with Crippen LogP contribution < -0.4 is 9.47 Å². The number of ether oxygens (including phenoxy) is 3. The first-order chi connectivity index (χ1) is 15.9. The van der Waals surface area contributed by atoms with Crippen molar-refractivity contribution in [3.05, 3.63) is 97.3 Å². The molecule has 0 saturated heterocycles. The Morgan fingerprint density at radius 3 is 2.67 bits per heavy atom. The third-order valence-corrected chi connectivity index (χ3v) is 5.80. The SMILES string of the molecule is COc1cc(/C=C2\N=C(c3ccc(Cl)cc3Cl)OC2=O)cc(Br)c1OCc1ccccc1F. The van der Waals surface area contributed by atoms with Crippen LogP contribution in [0.3, 0.4) is 0 Å². The lowest BCUT2D eigenvalue weighted by Gasteiger charge is -2.14. The lowest BCUT2D eigenvalue weighted by Crippen LogP contribution is -2.06. The van der Waals surface area contributed by atoms with Gasteiger partial charge in [0.15, 0.2) is 17.2 Å². The van der Waals surface area contributed by atoms with E-state index in [0.29, 0.717) is 42.7 Å². The summed E-state index contributed by atoms with van der Waals surface area (Å²) in [5, 5.41) is 0.773. The summed E-state index contributed by atoms with van der Waals surface area (Å²) in [5.41, 5.74) is 1.56. The van der Waals surface area contributed by atoms with E-state index in [1.807, 2.05) is 0 Å². The molecular formula is C24H15BrCl2FNO4. The molecule has 0 radical (unpaired) electrons. The van der Waals surface area contributed by atoms with Gasteiger partial charge in [-0.2, -0.15) is 0 Å². The van der Waals surface area contributed by atoms with Crippen LogP contribution in [0.5, 0.6) is 11.5 Å². The van der Waals surface area contributed by atoms with Crippen LogP contribution in [0.15, 0.2) is 69.8 Å². The van der Waals surface area contributed by atoms with E-state index in [4.69, 9.17) is 37.4 Å². The number of methoxy groups -OCH3 is 1. The fraction of sp³-hybridized carbons (Fsp3) is 0.0833. The van der Waals surface area contributed by atoms with Crippen molar-refractivity contribution in [1.82, 2.24) is 0 Å². The van der Waals surface area contributed by atoms with Gasteiger partial charge in [-0.05, 0) is 64.0 Å². The van der Waals surface area contributed by atoms with Gasteiger partial charge in [0.05, 0.1) is 22.2 Å². The second-order valence-corrected chi connectivity index (χ2v) is 8.57. The second-order valence-electron chi connectivity index (χ2n) is 6.87. The highest BCUT2D eigenvalue weighted by molar-refractivity contribution is 9.10. The molecule has 0 bridgehead atoms. The summed E-state index contributed by atoms with van der Waals surface area (Å²) in [6.07, 6.45) is 1.55. The number of hydrogen-bond donors (Lipinski definition) is 0. The number of nitrogens with zero attached hydrogens (tertiary/aromatic N) is 1. The van der Waals surface area contributed by atoms with Crippen LogP contribution in [-0.2, 0) is 16.1 Å². The number of rotatable bonds is 6. The number of aliphatic imine (C=N–C) groups is 1. The molecule has 4 rings (SSSR count). The van der Waals surface area contributed by atoms with E-state index < -0.39 is 5.97 Å². The Balaban J connectivity index is 1.61. The molecule has 0 aromatic heterocycles. The Morgan fingerprint density at radius 2 is 1.94 bits per heavy atom. The van der Waals surface area contributed by atoms with Crippen molar-refractivity contribution in [2.45, 2.75) is 6.61 Å². The van der Waals surface area contributed by atoms with Gasteiger partial charge in [0.1, 0.15) is 12.4 Å². The summed E-state index contributed by atoms with van der Waals surface area (Å²) in [5.74, 6) is -0.101. The monoisotopic (exact) mass is 549 g/mol. The van der Waals surface area contributed by atoms with Crippen molar-refractivity contribution in [2.75, 3.05) is 7.11 Å². The molecule has 0 fully saturated rings. The van der Waals surface area contributed by atoms with Crippen LogP contribution in [0.4, 0.5) is 4.39 Å². The zero-order valence-corrected chi connectivity index (χ0v) is 20.2. The quantitative estimate of drug-likeness (QED) is 0.249. The van der Waals surface area contributed by atoms with Crippen molar-refractivity contribution in [2.24, 2.45) is 4.99 Å². The van der Waals surface area contributed by atoms with E-state index in [1.54, 1.807) is 54.6 Å². The van der Waals surface area contributed by atoms with E-state index >= 15 is 0 Å². The first-order valence-corrected chi connectivity index (χ1v) is 11.1. The van der Waals surface area contributed by atoms with Gasteiger partial charge in [-0.15, -0.1) is 0 Å². The molecule has 0 spiro atoms. The first kappa shape index (κ1) is 23.3. The summed E-state index contributed by atoms with van der Waals surface area (Å²) in [6, 6.07) is 14.5. The topological polar surface area (TPSA) is 57.1 Å². The average molecular weight is 551 g/mol. The normalized spacial score (nSPS) is 14.3. The van der Waals surface area contributed by atoms with Gasteiger partial charge in [-0.1, -0.05) is 41.4 Å². The van der Waals surface area contributed by atoms with Crippen molar-refractivity contribution in [3.8, 4) is 11.5 Å². The number of cyclic esters (lactones) is 1. The third kappa shape index (κ3) is 5.21. The van der Waals surface area contributed by atoms with Gasteiger partial charge in [-0.25, -0.2) is 14.2 Å². The highest BCUT2D eigenvalue weighted by Gasteiger charge is 2.26. The molecular weight excluding hydrogens is 536 g/mol. The van der Waals surface area contributed by atoms with E-state index in [2.05, 4.69) is 20.9 Å². The molecule has 168 valence electrons. The predicted octanol–water partition coefficient (Wildman–Crippen LogP) is 6.83. The van der Waals surface area contributed by atoms with Crippen LogP contribution in [-0.4, -0.2) is 19.0 Å². The minimum atomic E-state index is -0.619. The maximum Gasteiger partial charge on any atom is 0.363 e. The summed E-state index contributed by atoms with van der Waals surface area (Å²) in [6.45, 7) is 0.0178. The fourth-order valence-electron chi connectivity index (χ4n) is 3.07. The molecule has 33 heavy (non-hydrogen) atoms. The third-order valence-electron chi connectivity index (χ3n) is 4.67. The Kier molecular flexibility index (Phi) is 7.02. The fourth-order valence-corrected chi connectivity index (χ4v) is 4.14. The van der Waals surface area contributed by atoms with Crippen LogP contribution in [0, 0.1) is 5.82 Å². The molecule has 1 aliphatic heterocycles. The smallest absolute Gasteiger partial charge is 0.363 e. The molecule has 0 saturated carbocycles. The van der Waals surface area contributed by atoms with E-state index in [-0.39, 0.29) is 24.0 Å². The van der Waals surface area contributed by atoms with E-state index in [1.165, 1.54) is 13.2 Å². The largest absolute Gasteiger partial charge is 0.493 e. The maximum absolute atomic E-state index is 13.9. The second kappa shape index (κ2) is 9.95. The summed E-state index contributed by atoms with van der Waals surface area (Å²) in [7, 11) is 1.48. The number of benzene rings is 3. The van der Waals surface area contributed by atoms with Crippen LogP contribution >= 0.6 is 39.1 Å². The summed E-state index contributed by atoms with van der Waals surface area (Å²) < 4.78 is 31.0. The highest BCUT2D eigenvalue weighted by Crippen LogP contribution is 2.38. The van der Waals surface area contributed by atoms with E-state index in [9.17, 15) is 9.18 Å². The molecule has 3 aromatic rings. The Labute approximate surface area is 207 Å². The lowest BCUT2D eigenvalue weighted by atomic mass is 10.1. The average Bonchev–Trinajstić information content (AvgIpc) is 3.13. The van der Waals surface area contributed by atoms with Crippen LogP contribution in [0.2, 0.25) is 10.0 Å². The summed E-state index contributed by atoms with van der Waals surface area (Å²) >= 11 is 15.6. The zero-order valence-electron chi connectivity index (χ0n) is 17.1. The van der Waals surface area contributed by atoms with Crippen molar-refractivity contribution in [1.29, 1.82) is 0 Å². The Bertz CT molecular complexity index is 1310. The van der Waals surface area contributed by atoms with Gasteiger partial charge in [0.2, 0.25) is 5.90 Å². The number of hydrogen-bond acceptors (Lipinski definition) is 5. The van der Waals surface area contributed by atoms with Gasteiger partial charge in [-0.3, -0.25) is 0 Å². The maximum atomic E-state index is 13.9. The molecule has 1 aliphatic rings. The number of carbonyl (C=O) groups is 1. The lowest BCUT2D eigenvalue weighted by molar-refractivity contribution is -0.129. The standard InChI is InChI=1S/C24H15BrCl2FNO4/c1-31-21-10-13(8-17(25)22(21)32-12-14-4-2-3-5-19(14)28)9-20-24(30)33-23(29-20)16-7-6-15(26)11-18(16)27/h2-11H,12H2,1H3/b20-9-. The molecule has 0 atom stereocenters.